The second-order valence-electron chi connectivity index (χ2n) is 7.86. The van der Waals surface area contributed by atoms with Crippen LogP contribution in [-0.4, -0.2) is 46.1 Å². The molecule has 2 atom stereocenters. The molecule has 2 fully saturated rings. The van der Waals surface area contributed by atoms with Gasteiger partial charge in [-0.1, -0.05) is 0 Å². The summed E-state index contributed by atoms with van der Waals surface area (Å²) in [6, 6.07) is -0.0158. The van der Waals surface area contributed by atoms with Crippen molar-refractivity contribution >= 4 is 5.91 Å². The van der Waals surface area contributed by atoms with Gasteiger partial charge in [0, 0.05) is 25.8 Å². The highest BCUT2D eigenvalue weighted by Gasteiger charge is 2.46. The summed E-state index contributed by atoms with van der Waals surface area (Å²) in [6.45, 7) is 9.56. The largest absolute Gasteiger partial charge is 0.381 e. The summed E-state index contributed by atoms with van der Waals surface area (Å²) >= 11 is 0. The van der Waals surface area contributed by atoms with Crippen molar-refractivity contribution < 1.29 is 14.3 Å². The number of aryl methyl sites for hydroxylation is 1. The maximum atomic E-state index is 12.8. The Balaban J connectivity index is 1.79. The van der Waals surface area contributed by atoms with Gasteiger partial charge in [0.2, 0.25) is 0 Å². The van der Waals surface area contributed by atoms with Crippen LogP contribution in [0.1, 0.15) is 62.5 Å². The number of nitrogens with one attached hydrogen (secondary N) is 1. The molecule has 2 aliphatic rings. The monoisotopic (exact) mass is 321 g/mol. The molecule has 1 N–H and O–H groups in total. The number of carbonyl (C=O) groups is 1. The second kappa shape index (κ2) is 5.60. The Hall–Kier alpha value is -1.40. The van der Waals surface area contributed by atoms with Gasteiger partial charge in [0.25, 0.3) is 5.91 Å². The molecule has 0 bridgehead atoms. The van der Waals surface area contributed by atoms with Crippen LogP contribution >= 0.6 is 0 Å². The Morgan fingerprint density at radius 3 is 2.70 bits per heavy atom. The summed E-state index contributed by atoms with van der Waals surface area (Å²) in [5, 5.41) is 7.66. The highest BCUT2D eigenvalue weighted by atomic mass is 16.5. The van der Waals surface area contributed by atoms with Crippen molar-refractivity contribution in [3.05, 3.63) is 17.5 Å². The van der Waals surface area contributed by atoms with E-state index in [-0.39, 0.29) is 29.1 Å². The van der Waals surface area contributed by atoms with Gasteiger partial charge < -0.3 is 14.8 Å². The summed E-state index contributed by atoms with van der Waals surface area (Å²) in [5.74, 6) is 0.139. The maximum absolute atomic E-state index is 12.8. The fourth-order valence-corrected chi connectivity index (χ4v) is 3.76. The van der Waals surface area contributed by atoms with Crippen molar-refractivity contribution in [1.29, 1.82) is 0 Å². The van der Waals surface area contributed by atoms with Gasteiger partial charge in [-0.05, 0) is 40.5 Å². The Labute approximate surface area is 137 Å². The molecule has 2 aliphatic heterocycles. The van der Waals surface area contributed by atoms with Crippen molar-refractivity contribution in [1.82, 2.24) is 15.1 Å². The molecule has 23 heavy (non-hydrogen) atoms. The van der Waals surface area contributed by atoms with Gasteiger partial charge in [0.05, 0.1) is 35.1 Å². The van der Waals surface area contributed by atoms with E-state index in [1.807, 2.05) is 20.9 Å². The number of carbonyl (C=O) groups excluding carboxylic acids is 1. The quantitative estimate of drug-likeness (QED) is 0.925. The van der Waals surface area contributed by atoms with Crippen molar-refractivity contribution in [2.45, 2.75) is 63.7 Å². The van der Waals surface area contributed by atoms with E-state index in [2.05, 4.69) is 24.3 Å². The zero-order valence-corrected chi connectivity index (χ0v) is 14.7. The van der Waals surface area contributed by atoms with Gasteiger partial charge in [0.1, 0.15) is 0 Å². The molecule has 0 unspecified atom stereocenters. The fourth-order valence-electron chi connectivity index (χ4n) is 3.76. The zero-order valence-electron chi connectivity index (χ0n) is 14.7. The van der Waals surface area contributed by atoms with Gasteiger partial charge in [-0.2, -0.15) is 5.10 Å². The van der Waals surface area contributed by atoms with E-state index in [0.717, 1.165) is 25.1 Å². The third kappa shape index (κ3) is 3.28. The molecule has 1 amide bonds. The SMILES string of the molecule is Cn1cc(C(=O)N[C@@H]2CC(C)(C)OC2(C)C)c([C@@H]2CCOC2)n1. The number of hydrogen-bond donors (Lipinski definition) is 1. The maximum Gasteiger partial charge on any atom is 0.255 e. The highest BCUT2D eigenvalue weighted by molar-refractivity contribution is 5.95. The predicted molar refractivity (Wildman–Crippen MR) is 86.5 cm³/mol. The molecule has 1 aromatic heterocycles. The van der Waals surface area contributed by atoms with Gasteiger partial charge >= 0.3 is 0 Å². The number of rotatable bonds is 3. The first-order valence-corrected chi connectivity index (χ1v) is 8.30. The zero-order chi connectivity index (χ0) is 16.8. The van der Waals surface area contributed by atoms with Crippen LogP contribution in [0.15, 0.2) is 6.20 Å². The van der Waals surface area contributed by atoms with E-state index in [1.54, 1.807) is 10.9 Å². The molecular weight excluding hydrogens is 294 g/mol. The molecule has 0 aliphatic carbocycles. The molecule has 6 heteroatoms. The average Bonchev–Trinajstić information content (AvgIpc) is 3.07. The summed E-state index contributed by atoms with van der Waals surface area (Å²) in [5.41, 5.74) is 0.901. The average molecular weight is 321 g/mol. The smallest absolute Gasteiger partial charge is 0.255 e. The number of ether oxygens (including phenoxy) is 2. The molecule has 2 saturated heterocycles. The van der Waals surface area contributed by atoms with E-state index in [0.29, 0.717) is 12.2 Å². The topological polar surface area (TPSA) is 65.4 Å². The van der Waals surface area contributed by atoms with Gasteiger partial charge in [0.15, 0.2) is 0 Å². The third-order valence-corrected chi connectivity index (χ3v) is 4.80. The van der Waals surface area contributed by atoms with E-state index in [1.165, 1.54) is 0 Å². The molecule has 3 rings (SSSR count). The molecule has 0 spiro atoms. The van der Waals surface area contributed by atoms with E-state index < -0.39 is 0 Å². The first-order valence-electron chi connectivity index (χ1n) is 8.30. The third-order valence-electron chi connectivity index (χ3n) is 4.80. The van der Waals surface area contributed by atoms with Crippen molar-refractivity contribution in [3.8, 4) is 0 Å². The van der Waals surface area contributed by atoms with Crippen molar-refractivity contribution in [2.75, 3.05) is 13.2 Å². The normalized spacial score (nSPS) is 28.9. The molecule has 0 radical (unpaired) electrons. The number of nitrogens with zero attached hydrogens (tertiary/aromatic N) is 2. The first kappa shape index (κ1) is 16.5. The van der Waals surface area contributed by atoms with Crippen molar-refractivity contribution in [3.63, 3.8) is 0 Å². The molecule has 1 aromatic rings. The summed E-state index contributed by atoms with van der Waals surface area (Å²) in [4.78, 5) is 12.8. The molecular formula is C17H27N3O3. The lowest BCUT2D eigenvalue weighted by Gasteiger charge is -2.27. The standard InChI is InChI=1S/C17H27N3O3/c1-16(2)8-13(17(3,4)23-16)18-15(21)12-9-20(5)19-14(12)11-6-7-22-10-11/h9,11,13H,6-8,10H2,1-5H3,(H,18,21)/t11-,13-/m1/s1. The number of aromatic nitrogens is 2. The number of amides is 1. The summed E-state index contributed by atoms with van der Waals surface area (Å²) < 4.78 is 13.2. The minimum Gasteiger partial charge on any atom is -0.381 e. The lowest BCUT2D eigenvalue weighted by Crippen LogP contribution is -2.46. The van der Waals surface area contributed by atoms with Gasteiger partial charge in [-0.25, -0.2) is 0 Å². The molecule has 128 valence electrons. The van der Waals surface area contributed by atoms with Crippen LogP contribution in [-0.2, 0) is 16.5 Å². The Kier molecular flexibility index (Phi) is 4.01. The minimum absolute atomic E-state index is 0.0158. The second-order valence-corrected chi connectivity index (χ2v) is 7.86. The number of hydrogen-bond acceptors (Lipinski definition) is 4. The predicted octanol–water partition coefficient (Wildman–Crippen LogP) is 2.00. The van der Waals surface area contributed by atoms with E-state index in [4.69, 9.17) is 9.47 Å². The van der Waals surface area contributed by atoms with Crippen LogP contribution in [0.25, 0.3) is 0 Å². The highest BCUT2D eigenvalue weighted by Crippen LogP contribution is 2.37. The molecule has 3 heterocycles. The molecule has 6 nitrogen and oxygen atoms in total. The summed E-state index contributed by atoms with van der Waals surface area (Å²) in [7, 11) is 1.85. The van der Waals surface area contributed by atoms with E-state index >= 15 is 0 Å². The lowest BCUT2D eigenvalue weighted by atomic mass is 9.93. The Morgan fingerprint density at radius 1 is 1.39 bits per heavy atom. The van der Waals surface area contributed by atoms with Crippen LogP contribution in [0.5, 0.6) is 0 Å². The molecule has 0 aromatic carbocycles. The minimum atomic E-state index is -0.377. The van der Waals surface area contributed by atoms with Gasteiger partial charge in [-0.3, -0.25) is 9.48 Å². The Bertz CT molecular complexity index is 600. The van der Waals surface area contributed by atoms with Gasteiger partial charge in [-0.15, -0.1) is 0 Å². The van der Waals surface area contributed by atoms with Crippen molar-refractivity contribution in [2.24, 2.45) is 7.05 Å². The summed E-state index contributed by atoms with van der Waals surface area (Å²) in [6.07, 6.45) is 3.52. The van der Waals surface area contributed by atoms with Crippen LogP contribution < -0.4 is 5.32 Å². The first-order chi connectivity index (χ1) is 10.7. The van der Waals surface area contributed by atoms with Crippen LogP contribution in [0.2, 0.25) is 0 Å². The fraction of sp³-hybridized carbons (Fsp3) is 0.765. The molecule has 0 saturated carbocycles. The van der Waals surface area contributed by atoms with Crippen LogP contribution in [0.4, 0.5) is 0 Å². The Morgan fingerprint density at radius 2 is 2.13 bits per heavy atom. The van der Waals surface area contributed by atoms with E-state index in [9.17, 15) is 4.79 Å². The lowest BCUT2D eigenvalue weighted by molar-refractivity contribution is -0.0693. The van der Waals surface area contributed by atoms with Crippen LogP contribution in [0, 0.1) is 0 Å². The van der Waals surface area contributed by atoms with Crippen LogP contribution in [0.3, 0.4) is 0 Å².